The minimum Gasteiger partial charge on any atom is -0.486 e. The summed E-state index contributed by atoms with van der Waals surface area (Å²) in [5.74, 6) is 1.07. The van der Waals surface area contributed by atoms with E-state index in [0.29, 0.717) is 49.1 Å². The third kappa shape index (κ3) is 4.69. The first-order chi connectivity index (χ1) is 16.6. The molecule has 2 aliphatic heterocycles. The Morgan fingerprint density at radius 3 is 2.41 bits per heavy atom. The van der Waals surface area contributed by atoms with Crippen LogP contribution in [0.3, 0.4) is 0 Å². The van der Waals surface area contributed by atoms with Gasteiger partial charge in [-0.3, -0.25) is 9.69 Å². The lowest BCUT2D eigenvalue weighted by Gasteiger charge is -2.35. The Bertz CT molecular complexity index is 1190. The van der Waals surface area contributed by atoms with Gasteiger partial charge in [0.2, 0.25) is 0 Å². The number of carbonyl (C=O) groups is 2. The smallest absolute Gasteiger partial charge is 0.324 e. The first kappa shape index (κ1) is 21.8. The zero-order chi connectivity index (χ0) is 23.5. The van der Waals surface area contributed by atoms with Crippen molar-refractivity contribution in [2.45, 2.75) is 19.9 Å². The molecule has 0 aliphatic carbocycles. The summed E-state index contributed by atoms with van der Waals surface area (Å²) in [6, 6.07) is 20.7. The van der Waals surface area contributed by atoms with Gasteiger partial charge in [0, 0.05) is 42.6 Å². The van der Waals surface area contributed by atoms with Crippen LogP contribution >= 0.6 is 0 Å². The minimum absolute atomic E-state index is 0.0136. The summed E-state index contributed by atoms with van der Waals surface area (Å²) in [6.45, 7) is 5.05. The van der Waals surface area contributed by atoms with Gasteiger partial charge in [-0.2, -0.15) is 0 Å². The van der Waals surface area contributed by atoms with Crippen LogP contribution in [-0.2, 0) is 6.54 Å². The number of hydrogen-bond donors (Lipinski definition) is 1. The second-order valence-electron chi connectivity index (χ2n) is 8.55. The highest BCUT2D eigenvalue weighted by Gasteiger charge is 2.27. The first-order valence-corrected chi connectivity index (χ1v) is 11.5. The molecular weight excluding hydrogens is 430 g/mol. The number of nitrogens with zero attached hydrogens (tertiary/aromatic N) is 2. The monoisotopic (exact) mass is 457 g/mol. The SMILES string of the molecule is Cc1ccc(CN2CCCN(c3ccc(C(=O)Nc4ccc5c(c4)OCCO5)cc3)C2=O)cc1. The maximum Gasteiger partial charge on any atom is 0.324 e. The molecule has 3 aromatic carbocycles. The number of fused-ring (bicyclic) bond motifs is 1. The van der Waals surface area contributed by atoms with Gasteiger partial charge < -0.3 is 19.7 Å². The molecule has 7 nitrogen and oxygen atoms in total. The second kappa shape index (κ2) is 9.47. The molecule has 0 bridgehead atoms. The fourth-order valence-electron chi connectivity index (χ4n) is 4.20. The minimum atomic E-state index is -0.228. The number of amides is 3. The van der Waals surface area contributed by atoms with Crippen molar-refractivity contribution in [3.63, 3.8) is 0 Å². The topological polar surface area (TPSA) is 71.1 Å². The first-order valence-electron chi connectivity index (χ1n) is 11.5. The van der Waals surface area contributed by atoms with E-state index < -0.39 is 0 Å². The lowest BCUT2D eigenvalue weighted by molar-refractivity contribution is 0.102. The van der Waals surface area contributed by atoms with E-state index in [9.17, 15) is 9.59 Å². The molecule has 7 heteroatoms. The van der Waals surface area contributed by atoms with Crippen molar-refractivity contribution < 1.29 is 19.1 Å². The van der Waals surface area contributed by atoms with Crippen LogP contribution in [-0.4, -0.2) is 43.1 Å². The van der Waals surface area contributed by atoms with Gasteiger partial charge in [-0.1, -0.05) is 29.8 Å². The summed E-state index contributed by atoms with van der Waals surface area (Å²) in [5, 5.41) is 2.89. The summed E-state index contributed by atoms with van der Waals surface area (Å²) in [6.07, 6.45) is 0.893. The van der Waals surface area contributed by atoms with Gasteiger partial charge in [-0.25, -0.2) is 4.79 Å². The van der Waals surface area contributed by atoms with E-state index in [1.807, 2.05) is 17.0 Å². The summed E-state index contributed by atoms with van der Waals surface area (Å²) < 4.78 is 11.1. The molecule has 34 heavy (non-hydrogen) atoms. The number of hydrogen-bond acceptors (Lipinski definition) is 4. The van der Waals surface area contributed by atoms with Crippen molar-refractivity contribution >= 4 is 23.3 Å². The molecule has 174 valence electrons. The van der Waals surface area contributed by atoms with E-state index in [1.54, 1.807) is 35.2 Å². The Morgan fingerprint density at radius 1 is 0.912 bits per heavy atom. The van der Waals surface area contributed by atoms with E-state index >= 15 is 0 Å². The van der Waals surface area contributed by atoms with E-state index in [-0.39, 0.29) is 11.9 Å². The normalized spacial score (nSPS) is 15.3. The van der Waals surface area contributed by atoms with Crippen LogP contribution in [0.1, 0.15) is 27.9 Å². The number of rotatable bonds is 5. The molecule has 2 heterocycles. The molecule has 1 saturated heterocycles. The van der Waals surface area contributed by atoms with Crippen molar-refractivity contribution in [2.24, 2.45) is 0 Å². The maximum absolute atomic E-state index is 13.1. The van der Waals surface area contributed by atoms with Gasteiger partial charge in [0.1, 0.15) is 13.2 Å². The molecule has 0 saturated carbocycles. The molecule has 0 atom stereocenters. The van der Waals surface area contributed by atoms with Crippen LogP contribution in [0.5, 0.6) is 11.5 Å². The summed E-state index contributed by atoms with van der Waals surface area (Å²) >= 11 is 0. The predicted molar refractivity (Wildman–Crippen MR) is 131 cm³/mol. The fourth-order valence-corrected chi connectivity index (χ4v) is 4.20. The van der Waals surface area contributed by atoms with Gasteiger partial charge in [-0.15, -0.1) is 0 Å². The number of carbonyl (C=O) groups excluding carboxylic acids is 2. The molecule has 3 aromatic rings. The van der Waals surface area contributed by atoms with Crippen LogP contribution in [0.2, 0.25) is 0 Å². The molecule has 0 unspecified atom stereocenters. The molecule has 3 amide bonds. The zero-order valence-electron chi connectivity index (χ0n) is 19.1. The number of aryl methyl sites for hydroxylation is 1. The molecule has 0 aromatic heterocycles. The lowest BCUT2D eigenvalue weighted by Crippen LogP contribution is -2.49. The molecule has 0 spiro atoms. The molecule has 2 aliphatic rings. The average Bonchev–Trinajstić information content (AvgIpc) is 2.87. The Balaban J connectivity index is 1.24. The van der Waals surface area contributed by atoms with Gasteiger partial charge >= 0.3 is 6.03 Å². The molecular formula is C27H27N3O4. The highest BCUT2D eigenvalue weighted by Crippen LogP contribution is 2.32. The van der Waals surface area contributed by atoms with E-state index in [2.05, 4.69) is 36.5 Å². The highest BCUT2D eigenvalue weighted by atomic mass is 16.6. The van der Waals surface area contributed by atoms with Gasteiger partial charge in [0.05, 0.1) is 0 Å². The maximum atomic E-state index is 13.1. The van der Waals surface area contributed by atoms with E-state index in [1.165, 1.54) is 5.56 Å². The van der Waals surface area contributed by atoms with Gasteiger partial charge in [0.15, 0.2) is 11.5 Å². The second-order valence-corrected chi connectivity index (χ2v) is 8.55. The molecule has 0 radical (unpaired) electrons. The van der Waals surface area contributed by atoms with Crippen molar-refractivity contribution in [1.29, 1.82) is 0 Å². The molecule has 5 rings (SSSR count). The third-order valence-electron chi connectivity index (χ3n) is 6.05. The van der Waals surface area contributed by atoms with Crippen LogP contribution in [0.25, 0.3) is 0 Å². The number of anilines is 2. The fraction of sp³-hybridized carbons (Fsp3) is 0.259. The third-order valence-corrected chi connectivity index (χ3v) is 6.05. The van der Waals surface area contributed by atoms with E-state index in [4.69, 9.17) is 9.47 Å². The lowest BCUT2D eigenvalue weighted by atomic mass is 10.1. The standard InChI is InChI=1S/C27H27N3O4/c1-19-3-5-20(6-4-19)18-29-13-2-14-30(27(29)32)23-10-7-21(8-11-23)26(31)28-22-9-12-24-25(17-22)34-16-15-33-24/h3-12,17H,2,13-16,18H2,1H3,(H,28,31). The number of benzene rings is 3. The summed E-state index contributed by atoms with van der Waals surface area (Å²) in [7, 11) is 0. The van der Waals surface area contributed by atoms with Crippen LogP contribution < -0.4 is 19.7 Å². The van der Waals surface area contributed by atoms with Crippen molar-refractivity contribution in [3.05, 3.63) is 83.4 Å². The Morgan fingerprint density at radius 2 is 1.65 bits per heavy atom. The summed E-state index contributed by atoms with van der Waals surface area (Å²) in [4.78, 5) is 29.5. The number of ether oxygens (including phenoxy) is 2. The predicted octanol–water partition coefficient (Wildman–Crippen LogP) is 4.85. The van der Waals surface area contributed by atoms with Gasteiger partial charge in [-0.05, 0) is 55.3 Å². The Hall–Kier alpha value is -4.00. The zero-order valence-corrected chi connectivity index (χ0v) is 19.1. The van der Waals surface area contributed by atoms with Gasteiger partial charge in [0.25, 0.3) is 5.91 Å². The largest absolute Gasteiger partial charge is 0.486 e. The highest BCUT2D eigenvalue weighted by molar-refractivity contribution is 6.05. The van der Waals surface area contributed by atoms with E-state index in [0.717, 1.165) is 24.2 Å². The van der Waals surface area contributed by atoms with Crippen LogP contribution in [0.4, 0.5) is 16.2 Å². The van der Waals surface area contributed by atoms with Crippen LogP contribution in [0.15, 0.2) is 66.7 Å². The molecule has 1 fully saturated rings. The quantitative estimate of drug-likeness (QED) is 0.595. The van der Waals surface area contributed by atoms with Crippen molar-refractivity contribution in [1.82, 2.24) is 4.90 Å². The van der Waals surface area contributed by atoms with Crippen molar-refractivity contribution in [2.75, 3.05) is 36.5 Å². The Labute approximate surface area is 198 Å². The van der Waals surface area contributed by atoms with Crippen LogP contribution in [0, 0.1) is 6.92 Å². The Kier molecular flexibility index (Phi) is 6.08. The molecule has 1 N–H and O–H groups in total. The average molecular weight is 458 g/mol. The van der Waals surface area contributed by atoms with Crippen molar-refractivity contribution in [3.8, 4) is 11.5 Å². The summed E-state index contributed by atoms with van der Waals surface area (Å²) in [5.41, 5.74) is 4.26. The number of urea groups is 1. The number of nitrogens with one attached hydrogen (secondary N) is 1.